The van der Waals surface area contributed by atoms with Crippen molar-refractivity contribution < 1.29 is 13.2 Å². The van der Waals surface area contributed by atoms with E-state index in [1.54, 1.807) is 0 Å². The maximum absolute atomic E-state index is 11.9. The highest BCUT2D eigenvalue weighted by Gasteiger charge is 2.34. The van der Waals surface area contributed by atoms with Crippen molar-refractivity contribution in [3.8, 4) is 0 Å². The van der Waals surface area contributed by atoms with E-state index >= 15 is 0 Å². The minimum Gasteiger partial charge on any atom is -0.355 e. The summed E-state index contributed by atoms with van der Waals surface area (Å²) in [6.07, 6.45) is 3.00. The second kappa shape index (κ2) is 6.56. The summed E-state index contributed by atoms with van der Waals surface area (Å²) in [4.78, 5) is 11.9. The van der Waals surface area contributed by atoms with Gasteiger partial charge in [-0.2, -0.15) is 0 Å². The number of carbonyl (C=O) groups is 1. The highest BCUT2D eigenvalue weighted by Crippen LogP contribution is 2.25. The van der Waals surface area contributed by atoms with Crippen molar-refractivity contribution >= 4 is 28.2 Å². The van der Waals surface area contributed by atoms with Crippen molar-refractivity contribution in [2.24, 2.45) is 5.41 Å². The van der Waals surface area contributed by atoms with E-state index in [9.17, 15) is 13.2 Å². The molecule has 0 aromatic heterocycles. The molecule has 0 aromatic rings. The number of amides is 1. The van der Waals surface area contributed by atoms with Crippen LogP contribution >= 0.6 is 12.4 Å². The largest absolute Gasteiger partial charge is 0.355 e. The van der Waals surface area contributed by atoms with Crippen LogP contribution in [0.15, 0.2) is 0 Å². The van der Waals surface area contributed by atoms with E-state index in [-0.39, 0.29) is 30.6 Å². The van der Waals surface area contributed by atoms with Crippen molar-refractivity contribution in [2.45, 2.75) is 19.8 Å². The van der Waals surface area contributed by atoms with Crippen molar-refractivity contribution in [1.29, 1.82) is 0 Å². The highest BCUT2D eigenvalue weighted by atomic mass is 35.5. The van der Waals surface area contributed by atoms with Gasteiger partial charge in [0.1, 0.15) is 9.84 Å². The van der Waals surface area contributed by atoms with Gasteiger partial charge < -0.3 is 10.6 Å². The third kappa shape index (κ3) is 5.70. The lowest BCUT2D eigenvalue weighted by Crippen LogP contribution is -2.49. The zero-order chi connectivity index (χ0) is 12.2. The molecule has 102 valence electrons. The van der Waals surface area contributed by atoms with Crippen LogP contribution in [0.5, 0.6) is 0 Å². The Morgan fingerprint density at radius 1 is 1.47 bits per heavy atom. The van der Waals surface area contributed by atoms with Crippen molar-refractivity contribution in [3.05, 3.63) is 0 Å². The fourth-order valence-corrected chi connectivity index (χ4v) is 2.29. The second-order valence-electron chi connectivity index (χ2n) is 4.73. The van der Waals surface area contributed by atoms with Gasteiger partial charge in [-0.25, -0.2) is 8.42 Å². The Morgan fingerprint density at radius 3 is 2.59 bits per heavy atom. The molecule has 0 saturated carbocycles. The molecule has 1 aliphatic rings. The summed E-state index contributed by atoms with van der Waals surface area (Å²) in [6.45, 7) is 3.73. The van der Waals surface area contributed by atoms with Gasteiger partial charge in [-0.1, -0.05) is 0 Å². The molecule has 7 heteroatoms. The van der Waals surface area contributed by atoms with E-state index in [0.717, 1.165) is 19.4 Å². The van der Waals surface area contributed by atoms with Gasteiger partial charge in [0.2, 0.25) is 5.91 Å². The Balaban J connectivity index is 0.00000256. The summed E-state index contributed by atoms with van der Waals surface area (Å²) in [5, 5.41) is 5.88. The van der Waals surface area contributed by atoms with E-state index in [2.05, 4.69) is 10.6 Å². The Labute approximate surface area is 109 Å². The molecule has 1 fully saturated rings. The quantitative estimate of drug-likeness (QED) is 0.760. The molecule has 5 nitrogen and oxygen atoms in total. The first kappa shape index (κ1) is 16.7. The summed E-state index contributed by atoms with van der Waals surface area (Å²) < 4.78 is 21.8. The molecule has 1 aliphatic heterocycles. The summed E-state index contributed by atoms with van der Waals surface area (Å²) in [5.41, 5.74) is -0.393. The highest BCUT2D eigenvalue weighted by molar-refractivity contribution is 7.90. The minimum absolute atomic E-state index is 0. The van der Waals surface area contributed by atoms with Gasteiger partial charge in [0.05, 0.1) is 11.2 Å². The van der Waals surface area contributed by atoms with Gasteiger partial charge in [0, 0.05) is 19.3 Å². The molecule has 17 heavy (non-hydrogen) atoms. The van der Waals surface area contributed by atoms with Gasteiger partial charge >= 0.3 is 0 Å². The summed E-state index contributed by atoms with van der Waals surface area (Å²) >= 11 is 0. The lowest BCUT2D eigenvalue weighted by Gasteiger charge is -2.32. The average molecular weight is 285 g/mol. The first-order valence-electron chi connectivity index (χ1n) is 5.50. The number of carbonyl (C=O) groups excluding carboxylic acids is 1. The van der Waals surface area contributed by atoms with Crippen LogP contribution in [0.2, 0.25) is 0 Å². The number of rotatable bonds is 4. The molecule has 1 saturated heterocycles. The van der Waals surface area contributed by atoms with E-state index < -0.39 is 15.3 Å². The van der Waals surface area contributed by atoms with Crippen LogP contribution in [0.3, 0.4) is 0 Å². The van der Waals surface area contributed by atoms with Crippen LogP contribution in [-0.4, -0.2) is 46.0 Å². The second-order valence-corrected chi connectivity index (χ2v) is 6.99. The van der Waals surface area contributed by atoms with E-state index in [1.807, 2.05) is 6.92 Å². The lowest BCUT2D eigenvalue weighted by molar-refractivity contribution is -0.130. The summed E-state index contributed by atoms with van der Waals surface area (Å²) in [6, 6.07) is 0. The fraction of sp³-hybridized carbons (Fsp3) is 0.900. The van der Waals surface area contributed by atoms with Crippen LogP contribution < -0.4 is 10.6 Å². The lowest BCUT2D eigenvalue weighted by atomic mass is 9.82. The SMILES string of the molecule is CC1(C(=O)NCCS(C)(=O)=O)CCCNC1.Cl. The van der Waals surface area contributed by atoms with Gasteiger partial charge in [0.25, 0.3) is 0 Å². The molecule has 0 aliphatic carbocycles. The molecule has 0 aromatic carbocycles. The maximum Gasteiger partial charge on any atom is 0.227 e. The standard InChI is InChI=1S/C10H20N2O3S.ClH/c1-10(4-3-5-11-8-10)9(13)12-6-7-16(2,14)15;/h11H,3-8H2,1-2H3,(H,12,13);1H. The number of nitrogens with one attached hydrogen (secondary N) is 2. The van der Waals surface area contributed by atoms with Crippen LogP contribution in [0, 0.1) is 5.41 Å². The zero-order valence-electron chi connectivity index (χ0n) is 10.3. The Bertz CT molecular complexity index is 351. The molecule has 0 bridgehead atoms. The number of hydrogen-bond donors (Lipinski definition) is 2. The number of halogens is 1. The van der Waals surface area contributed by atoms with Crippen molar-refractivity contribution in [2.75, 3.05) is 31.6 Å². The minimum atomic E-state index is -3.00. The average Bonchev–Trinajstić information content (AvgIpc) is 2.16. The monoisotopic (exact) mass is 284 g/mol. The normalized spacial score (nSPS) is 24.8. The first-order valence-corrected chi connectivity index (χ1v) is 7.56. The van der Waals surface area contributed by atoms with Gasteiger partial charge in [-0.15, -0.1) is 12.4 Å². The van der Waals surface area contributed by atoms with Crippen LogP contribution in [-0.2, 0) is 14.6 Å². The predicted octanol–water partition coefficient (Wildman–Crippen LogP) is -0.0413. The molecular formula is C10H21ClN2O3S. The smallest absolute Gasteiger partial charge is 0.227 e. The molecule has 1 heterocycles. The molecule has 0 spiro atoms. The molecule has 0 radical (unpaired) electrons. The third-order valence-corrected chi connectivity index (χ3v) is 3.85. The Morgan fingerprint density at radius 2 is 2.12 bits per heavy atom. The molecule has 1 rings (SSSR count). The molecule has 1 atom stereocenters. The molecule has 2 N–H and O–H groups in total. The van der Waals surface area contributed by atoms with Crippen LogP contribution in [0.4, 0.5) is 0 Å². The Hall–Kier alpha value is -0.330. The first-order chi connectivity index (χ1) is 7.33. The number of hydrogen-bond acceptors (Lipinski definition) is 4. The summed E-state index contributed by atoms with van der Waals surface area (Å²) in [7, 11) is -3.00. The topological polar surface area (TPSA) is 75.3 Å². The van der Waals surface area contributed by atoms with Gasteiger partial charge in [0.15, 0.2) is 0 Å². The molecular weight excluding hydrogens is 264 g/mol. The van der Waals surface area contributed by atoms with Gasteiger partial charge in [-0.05, 0) is 26.3 Å². The zero-order valence-corrected chi connectivity index (χ0v) is 11.9. The fourth-order valence-electron chi connectivity index (χ4n) is 1.81. The number of sulfone groups is 1. The van der Waals surface area contributed by atoms with Crippen LogP contribution in [0.1, 0.15) is 19.8 Å². The van der Waals surface area contributed by atoms with Crippen molar-refractivity contribution in [3.63, 3.8) is 0 Å². The number of piperidine rings is 1. The third-order valence-electron chi connectivity index (χ3n) is 2.90. The van der Waals surface area contributed by atoms with Crippen molar-refractivity contribution in [1.82, 2.24) is 10.6 Å². The van der Waals surface area contributed by atoms with Crippen LogP contribution in [0.25, 0.3) is 0 Å². The summed E-state index contributed by atoms with van der Waals surface area (Å²) in [5.74, 6) is -0.0502. The van der Waals surface area contributed by atoms with E-state index in [0.29, 0.717) is 6.54 Å². The van der Waals surface area contributed by atoms with E-state index in [4.69, 9.17) is 0 Å². The molecule has 1 unspecified atom stereocenters. The Kier molecular flexibility index (Phi) is 6.43. The molecule has 1 amide bonds. The predicted molar refractivity (Wildman–Crippen MR) is 70.2 cm³/mol. The van der Waals surface area contributed by atoms with E-state index in [1.165, 1.54) is 6.26 Å². The van der Waals surface area contributed by atoms with Gasteiger partial charge in [-0.3, -0.25) is 4.79 Å². The maximum atomic E-state index is 11.9.